The first-order chi connectivity index (χ1) is 22.7. The molecular formula is C41H69NO7. The number of aliphatic hydroxyl groups is 1. The van der Waals surface area contributed by atoms with Crippen molar-refractivity contribution < 1.29 is 33.6 Å². The van der Waals surface area contributed by atoms with Gasteiger partial charge in [0.15, 0.2) is 12.4 Å². The van der Waals surface area contributed by atoms with E-state index in [0.717, 1.165) is 38.9 Å². The van der Waals surface area contributed by atoms with Crippen LogP contribution in [0.2, 0.25) is 0 Å². The predicted molar refractivity (Wildman–Crippen MR) is 189 cm³/mol. The fourth-order valence-electron chi connectivity index (χ4n) is 14.3. The first-order valence-electron chi connectivity index (χ1n) is 19.8. The Labute approximate surface area is 297 Å². The molecule has 13 atom stereocenters. The smallest absolute Gasteiger partial charge is 0.303 e. The van der Waals surface area contributed by atoms with Gasteiger partial charge in [0.2, 0.25) is 0 Å². The van der Waals surface area contributed by atoms with E-state index in [2.05, 4.69) is 53.4 Å². The number of carbonyl (C=O) groups is 1. The summed E-state index contributed by atoms with van der Waals surface area (Å²) >= 11 is 0. The summed E-state index contributed by atoms with van der Waals surface area (Å²) in [6, 6.07) is 0. The predicted octanol–water partition coefficient (Wildman–Crippen LogP) is 7.00. The Bertz CT molecular complexity index is 1280. The Hall–Kier alpha value is -0.770. The van der Waals surface area contributed by atoms with E-state index in [1.54, 1.807) is 21.0 Å². The summed E-state index contributed by atoms with van der Waals surface area (Å²) in [6.07, 6.45) is 10.1. The van der Waals surface area contributed by atoms with Crippen molar-refractivity contribution in [2.24, 2.45) is 50.7 Å². The number of nitrogens with zero attached hydrogens (tertiary/aromatic N) is 1. The van der Waals surface area contributed by atoms with E-state index in [4.69, 9.17) is 23.7 Å². The van der Waals surface area contributed by atoms with Gasteiger partial charge in [0, 0.05) is 33.7 Å². The second-order valence-corrected chi connectivity index (χ2v) is 20.3. The lowest BCUT2D eigenvalue weighted by molar-refractivity contribution is -0.249. The van der Waals surface area contributed by atoms with E-state index >= 15 is 0 Å². The molecule has 5 aliphatic carbocycles. The Morgan fingerprint density at radius 1 is 1.00 bits per heavy atom. The van der Waals surface area contributed by atoms with Crippen LogP contribution in [0.4, 0.5) is 0 Å². The molecule has 2 heterocycles. The summed E-state index contributed by atoms with van der Waals surface area (Å²) < 4.78 is 31.7. The van der Waals surface area contributed by atoms with Crippen molar-refractivity contribution in [1.82, 2.24) is 4.90 Å². The number of morpholine rings is 1. The number of fused-ring (bicyclic) bond motifs is 4. The standard InChI is InChI=1S/C41H69NO7/c1-25-20-27(34(37(7,8)44)47-26(2)43)48-28-21-39(10)30-13-12-29-36(5,6)31(49-32-22-42(18-19-46-32)24-35(3,4)45-11)14-15-40(29)23-41(30,40)17-16-38(39,9)33(25)28/h25,27-34,44H,12-24H2,1-11H3/t25-,27?,28?,29?,30+,31+,32?,33?,34+,38-,39+,40-,41+/m1/s1. The fraction of sp³-hybridized carbons (Fsp3) is 0.976. The van der Waals surface area contributed by atoms with E-state index in [1.807, 2.05) is 0 Å². The van der Waals surface area contributed by atoms with Crippen molar-refractivity contribution in [3.8, 4) is 0 Å². The number of carbonyl (C=O) groups excluding carboxylic acids is 1. The van der Waals surface area contributed by atoms with E-state index < -0.39 is 11.7 Å². The second-order valence-electron chi connectivity index (χ2n) is 20.3. The maximum Gasteiger partial charge on any atom is 0.303 e. The average molecular weight is 688 g/mol. The van der Waals surface area contributed by atoms with Gasteiger partial charge in [-0.25, -0.2) is 0 Å². The van der Waals surface area contributed by atoms with Gasteiger partial charge in [-0.15, -0.1) is 0 Å². The van der Waals surface area contributed by atoms with Gasteiger partial charge in [0.1, 0.15) is 0 Å². The number of hydrogen-bond acceptors (Lipinski definition) is 8. The highest BCUT2D eigenvalue weighted by Gasteiger charge is 2.83. The van der Waals surface area contributed by atoms with Crippen LogP contribution in [0.5, 0.6) is 0 Å². The van der Waals surface area contributed by atoms with Crippen LogP contribution in [-0.4, -0.2) is 91.2 Å². The largest absolute Gasteiger partial charge is 0.457 e. The van der Waals surface area contributed by atoms with Crippen LogP contribution in [0.15, 0.2) is 0 Å². The molecule has 2 saturated heterocycles. The molecule has 49 heavy (non-hydrogen) atoms. The van der Waals surface area contributed by atoms with Crippen LogP contribution in [0, 0.1) is 50.7 Å². The minimum Gasteiger partial charge on any atom is -0.457 e. The van der Waals surface area contributed by atoms with E-state index in [-0.39, 0.29) is 52.4 Å². The summed E-state index contributed by atoms with van der Waals surface area (Å²) in [6.45, 7) is 25.2. The van der Waals surface area contributed by atoms with E-state index in [1.165, 1.54) is 45.4 Å². The molecule has 5 saturated carbocycles. The van der Waals surface area contributed by atoms with Gasteiger partial charge < -0.3 is 28.8 Å². The third kappa shape index (κ3) is 5.53. The summed E-state index contributed by atoms with van der Waals surface area (Å²) in [5.74, 6) is 1.96. The number of methoxy groups -OCH3 is 1. The molecule has 7 rings (SSSR count). The molecule has 0 aromatic rings. The van der Waals surface area contributed by atoms with Crippen molar-refractivity contribution in [3.05, 3.63) is 0 Å². The minimum atomic E-state index is -1.16. The van der Waals surface area contributed by atoms with Crippen LogP contribution >= 0.6 is 0 Å². The lowest BCUT2D eigenvalue weighted by atomic mass is 9.41. The number of ether oxygens (including phenoxy) is 5. The molecule has 2 spiro atoms. The molecule has 7 fully saturated rings. The lowest BCUT2D eigenvalue weighted by Gasteiger charge is -2.63. The summed E-state index contributed by atoms with van der Waals surface area (Å²) in [4.78, 5) is 14.5. The monoisotopic (exact) mass is 688 g/mol. The number of rotatable bonds is 8. The van der Waals surface area contributed by atoms with Gasteiger partial charge in [0.05, 0.1) is 36.1 Å². The first kappa shape index (κ1) is 36.6. The van der Waals surface area contributed by atoms with Crippen LogP contribution < -0.4 is 0 Å². The first-order valence-corrected chi connectivity index (χ1v) is 19.8. The molecule has 0 amide bonds. The lowest BCUT2D eigenvalue weighted by Crippen LogP contribution is -2.59. The maximum atomic E-state index is 12.1. The third-order valence-corrected chi connectivity index (χ3v) is 16.6. The molecule has 7 aliphatic rings. The minimum absolute atomic E-state index is 0.100. The molecule has 8 heteroatoms. The highest BCUT2D eigenvalue weighted by Crippen LogP contribution is 2.89. The van der Waals surface area contributed by atoms with Gasteiger partial charge in [-0.1, -0.05) is 34.6 Å². The maximum absolute atomic E-state index is 12.1. The number of esters is 1. The molecule has 0 bridgehead atoms. The van der Waals surface area contributed by atoms with Gasteiger partial charge in [-0.3, -0.25) is 9.69 Å². The molecule has 5 unspecified atom stereocenters. The zero-order valence-electron chi connectivity index (χ0n) is 32.7. The highest BCUT2D eigenvalue weighted by molar-refractivity contribution is 5.66. The fourth-order valence-corrected chi connectivity index (χ4v) is 14.3. The molecule has 2 aliphatic heterocycles. The molecular weight excluding hydrogens is 618 g/mol. The number of hydrogen-bond donors (Lipinski definition) is 1. The van der Waals surface area contributed by atoms with Crippen LogP contribution in [0.25, 0.3) is 0 Å². The molecule has 0 aromatic heterocycles. The van der Waals surface area contributed by atoms with E-state index in [0.29, 0.717) is 41.1 Å². The summed E-state index contributed by atoms with van der Waals surface area (Å²) in [5, 5.41) is 11.1. The zero-order valence-corrected chi connectivity index (χ0v) is 32.7. The summed E-state index contributed by atoms with van der Waals surface area (Å²) in [7, 11) is 1.80. The zero-order chi connectivity index (χ0) is 35.6. The second kappa shape index (κ2) is 11.9. The molecule has 0 radical (unpaired) electrons. The Morgan fingerprint density at radius 2 is 1.69 bits per heavy atom. The molecule has 1 N–H and O–H groups in total. The average Bonchev–Trinajstić information content (AvgIpc) is 3.59. The van der Waals surface area contributed by atoms with Crippen LogP contribution in [0.1, 0.15) is 127 Å². The van der Waals surface area contributed by atoms with Gasteiger partial charge in [0.25, 0.3) is 0 Å². The van der Waals surface area contributed by atoms with Crippen molar-refractivity contribution in [2.45, 2.75) is 169 Å². The van der Waals surface area contributed by atoms with Gasteiger partial charge in [-0.05, 0) is 136 Å². The quantitative estimate of drug-likeness (QED) is 0.273. The summed E-state index contributed by atoms with van der Waals surface area (Å²) in [5.41, 5.74) is 0.0341. The molecule has 0 aromatic carbocycles. The van der Waals surface area contributed by atoms with Crippen molar-refractivity contribution in [1.29, 1.82) is 0 Å². The van der Waals surface area contributed by atoms with Crippen molar-refractivity contribution >= 4 is 5.97 Å². The normalized spacial score (nSPS) is 48.3. The van der Waals surface area contributed by atoms with Crippen molar-refractivity contribution in [2.75, 3.05) is 33.4 Å². The Balaban J connectivity index is 1.08. The Morgan fingerprint density at radius 3 is 2.37 bits per heavy atom. The van der Waals surface area contributed by atoms with Crippen molar-refractivity contribution in [3.63, 3.8) is 0 Å². The third-order valence-electron chi connectivity index (χ3n) is 16.6. The molecule has 280 valence electrons. The highest BCUT2D eigenvalue weighted by atomic mass is 16.7. The van der Waals surface area contributed by atoms with Crippen LogP contribution in [0.3, 0.4) is 0 Å². The van der Waals surface area contributed by atoms with Gasteiger partial charge in [-0.2, -0.15) is 0 Å². The van der Waals surface area contributed by atoms with Gasteiger partial charge >= 0.3 is 5.97 Å². The SMILES string of the molecule is COC(C)(C)CN1CCOC(O[C@H]2CC[C@]34C[C@]35CC[C@]3(C)C6C(C[C@@]3(C)[C@@H]5CCC4C2(C)C)OC([C@H](OC(C)=O)C(C)(C)O)C[C@H]6C)C1. The Kier molecular flexibility index (Phi) is 8.86. The topological polar surface area (TPSA) is 86.7 Å². The van der Waals surface area contributed by atoms with Crippen LogP contribution in [-0.2, 0) is 28.5 Å². The van der Waals surface area contributed by atoms with E-state index in [9.17, 15) is 9.90 Å². The molecule has 8 nitrogen and oxygen atoms in total.